The highest BCUT2D eigenvalue weighted by Gasteiger charge is 2.26. The van der Waals surface area contributed by atoms with Gasteiger partial charge in [0, 0.05) is 18.3 Å². The smallest absolute Gasteiger partial charge is 0.267 e. The number of anilines is 2. The van der Waals surface area contributed by atoms with E-state index in [0.29, 0.717) is 40.3 Å². The maximum Gasteiger partial charge on any atom is 0.267 e. The largest absolute Gasteiger partial charge is 0.381 e. The number of nitrogens with zero attached hydrogens (tertiary/aromatic N) is 5. The Bertz CT molecular complexity index is 1860. The van der Waals surface area contributed by atoms with Crippen LogP contribution in [-0.2, 0) is 0 Å². The second-order valence-corrected chi connectivity index (χ2v) is 9.66. The van der Waals surface area contributed by atoms with Gasteiger partial charge in [0.05, 0.1) is 39.2 Å². The molecule has 1 unspecified atom stereocenters. The number of para-hydroxylation sites is 1. The number of carbonyl (C=O) groups is 1. The zero-order valence-electron chi connectivity index (χ0n) is 20.8. The molecule has 39 heavy (non-hydrogen) atoms. The Morgan fingerprint density at radius 1 is 1.18 bits per heavy atom. The van der Waals surface area contributed by atoms with Crippen LogP contribution in [0, 0.1) is 11.8 Å². The molecule has 1 atom stereocenters. The van der Waals surface area contributed by atoms with Crippen molar-refractivity contribution >= 4 is 46.0 Å². The summed E-state index contributed by atoms with van der Waals surface area (Å²) in [4.78, 5) is 37.2. The van der Waals surface area contributed by atoms with Gasteiger partial charge in [0.2, 0.25) is 0 Å². The van der Waals surface area contributed by atoms with Crippen LogP contribution in [0.1, 0.15) is 39.6 Å². The second-order valence-electron chi connectivity index (χ2n) is 8.78. The molecular formula is C28H22N8O2S. The first-order chi connectivity index (χ1) is 19.0. The molecule has 3 aromatic heterocycles. The van der Waals surface area contributed by atoms with Gasteiger partial charge in [0.15, 0.2) is 5.82 Å². The van der Waals surface area contributed by atoms with Crippen molar-refractivity contribution in [3.05, 3.63) is 98.5 Å². The lowest BCUT2D eigenvalue weighted by atomic mass is 10.1. The molecule has 0 saturated heterocycles. The van der Waals surface area contributed by atoms with Gasteiger partial charge in [-0.1, -0.05) is 30.2 Å². The lowest BCUT2D eigenvalue weighted by Gasteiger charge is -2.20. The van der Waals surface area contributed by atoms with E-state index in [1.807, 2.05) is 42.5 Å². The summed E-state index contributed by atoms with van der Waals surface area (Å²) in [5, 5.41) is 10.7. The third-order valence-electron chi connectivity index (χ3n) is 6.22. The van der Waals surface area contributed by atoms with Crippen molar-refractivity contribution in [2.45, 2.75) is 13.0 Å². The number of hydrogen-bond acceptors (Lipinski definition) is 8. The maximum atomic E-state index is 14.1. The molecule has 0 fully saturated rings. The van der Waals surface area contributed by atoms with E-state index in [0.717, 1.165) is 4.88 Å². The summed E-state index contributed by atoms with van der Waals surface area (Å²) < 4.78 is 3.05. The highest BCUT2D eigenvalue weighted by Crippen LogP contribution is 2.26. The maximum absolute atomic E-state index is 14.1. The number of rotatable bonds is 4. The predicted octanol–water partition coefficient (Wildman–Crippen LogP) is 3.41. The van der Waals surface area contributed by atoms with Gasteiger partial charge in [-0.05, 0) is 43.2 Å². The summed E-state index contributed by atoms with van der Waals surface area (Å²) in [6.45, 7) is 2.33. The number of hydrogen-bond donors (Lipinski definition) is 3. The van der Waals surface area contributed by atoms with Gasteiger partial charge in [-0.25, -0.2) is 9.67 Å². The summed E-state index contributed by atoms with van der Waals surface area (Å²) in [5.41, 5.74) is 9.40. The molecule has 0 bridgehead atoms. The molecule has 1 amide bonds. The molecule has 1 aliphatic rings. The van der Waals surface area contributed by atoms with Crippen LogP contribution in [0.4, 0.5) is 11.6 Å². The molecule has 0 aliphatic carbocycles. The van der Waals surface area contributed by atoms with E-state index in [9.17, 15) is 9.59 Å². The Morgan fingerprint density at radius 3 is 2.82 bits per heavy atom. The minimum atomic E-state index is -0.657. The lowest BCUT2D eigenvalue weighted by Crippen LogP contribution is -2.34. The molecule has 0 radical (unpaired) electrons. The summed E-state index contributed by atoms with van der Waals surface area (Å²) in [5.74, 6) is 6.73. The quantitative estimate of drug-likeness (QED) is 0.301. The normalized spacial score (nSPS) is 12.7. The topological polar surface area (TPSA) is 133 Å². The molecule has 10 nitrogen and oxygen atoms in total. The molecule has 11 heteroatoms. The first-order valence-corrected chi connectivity index (χ1v) is 13.0. The molecule has 5 aromatic rings. The van der Waals surface area contributed by atoms with Gasteiger partial charge in [-0.15, -0.1) is 16.4 Å². The van der Waals surface area contributed by atoms with E-state index < -0.39 is 11.9 Å². The van der Waals surface area contributed by atoms with Gasteiger partial charge in [0.25, 0.3) is 11.5 Å². The number of nitrogens with two attached hydrogens (primary N) is 1. The van der Waals surface area contributed by atoms with E-state index in [1.54, 1.807) is 37.0 Å². The Labute approximate surface area is 226 Å². The average Bonchev–Trinajstić information content (AvgIpc) is 3.59. The fraction of sp³-hybridized carbons (Fsp3) is 0.107. The summed E-state index contributed by atoms with van der Waals surface area (Å²) in [7, 11) is 0. The number of aromatic nitrogens is 5. The summed E-state index contributed by atoms with van der Waals surface area (Å²) in [6.07, 6.45) is 5.30. The van der Waals surface area contributed by atoms with E-state index >= 15 is 0 Å². The van der Waals surface area contributed by atoms with Crippen molar-refractivity contribution in [3.8, 4) is 17.5 Å². The first kappa shape index (κ1) is 24.1. The number of fused-ring (bicyclic) bond motifs is 2. The van der Waals surface area contributed by atoms with Crippen LogP contribution < -0.4 is 21.9 Å². The van der Waals surface area contributed by atoms with Crippen molar-refractivity contribution in [1.82, 2.24) is 29.6 Å². The second kappa shape index (κ2) is 9.92. The van der Waals surface area contributed by atoms with Gasteiger partial charge < -0.3 is 16.4 Å². The Kier molecular flexibility index (Phi) is 6.14. The fourth-order valence-electron chi connectivity index (χ4n) is 4.47. The number of thiazole rings is 1. The number of carbonyl (C=O) groups excluding carboxylic acids is 1. The van der Waals surface area contributed by atoms with Crippen molar-refractivity contribution in [3.63, 3.8) is 0 Å². The molecule has 6 rings (SSSR count). The SMILES string of the molecule is CC(NC(=O)c1c(N)nn2c1NCC=C2)c1nc2cccc(C#Cc3cncs3)c2c(=O)n1-c1ccccc1. The van der Waals surface area contributed by atoms with E-state index in [2.05, 4.69) is 32.6 Å². The molecular weight excluding hydrogens is 512 g/mol. The highest BCUT2D eigenvalue weighted by molar-refractivity contribution is 7.10. The molecule has 4 N–H and O–H groups in total. The minimum absolute atomic E-state index is 0.102. The summed E-state index contributed by atoms with van der Waals surface area (Å²) in [6, 6.07) is 13.9. The first-order valence-electron chi connectivity index (χ1n) is 12.1. The number of benzene rings is 2. The van der Waals surface area contributed by atoms with Crippen molar-refractivity contribution < 1.29 is 4.79 Å². The molecule has 4 heterocycles. The van der Waals surface area contributed by atoms with Crippen molar-refractivity contribution in [1.29, 1.82) is 0 Å². The third-order valence-corrected chi connectivity index (χ3v) is 6.91. The van der Waals surface area contributed by atoms with Crippen molar-refractivity contribution in [2.75, 3.05) is 17.6 Å². The standard InChI is InChI=1S/C28H22N8O2S/c1-17(32-27(37)23-24(29)34-35-14-6-13-31-26(23)35)25-33-21-10-5-7-18(11-12-20-15-30-16-39-20)22(21)28(38)36(25)19-8-3-2-4-9-19/h2-10,14-17,31H,13H2,1H3,(H2,29,34)(H,32,37). The zero-order valence-corrected chi connectivity index (χ0v) is 21.6. The van der Waals surface area contributed by atoms with E-state index in [1.165, 1.54) is 20.6 Å². The van der Waals surface area contributed by atoms with Gasteiger partial charge in [-0.2, -0.15) is 0 Å². The Hall–Kier alpha value is -5.21. The number of nitrogens with one attached hydrogen (secondary N) is 2. The monoisotopic (exact) mass is 534 g/mol. The lowest BCUT2D eigenvalue weighted by molar-refractivity contribution is 0.0939. The van der Waals surface area contributed by atoms with Crippen LogP contribution in [0.3, 0.4) is 0 Å². The van der Waals surface area contributed by atoms with E-state index in [-0.39, 0.29) is 16.9 Å². The zero-order chi connectivity index (χ0) is 26.9. The summed E-state index contributed by atoms with van der Waals surface area (Å²) >= 11 is 1.43. The predicted molar refractivity (Wildman–Crippen MR) is 152 cm³/mol. The minimum Gasteiger partial charge on any atom is -0.381 e. The van der Waals surface area contributed by atoms with Crippen LogP contribution in [0.15, 0.2) is 71.1 Å². The van der Waals surface area contributed by atoms with Crippen LogP contribution in [0.5, 0.6) is 0 Å². The van der Waals surface area contributed by atoms with Crippen LogP contribution in [0.2, 0.25) is 0 Å². The molecule has 192 valence electrons. The van der Waals surface area contributed by atoms with Crippen LogP contribution >= 0.6 is 11.3 Å². The molecule has 2 aromatic carbocycles. The molecule has 0 saturated carbocycles. The van der Waals surface area contributed by atoms with Gasteiger partial charge in [-0.3, -0.25) is 19.1 Å². The van der Waals surface area contributed by atoms with Gasteiger partial charge in [0.1, 0.15) is 17.2 Å². The highest BCUT2D eigenvalue weighted by atomic mass is 32.1. The fourth-order valence-corrected chi connectivity index (χ4v) is 4.94. The number of amides is 1. The third kappa shape index (κ3) is 4.43. The van der Waals surface area contributed by atoms with Crippen molar-refractivity contribution in [2.24, 2.45) is 0 Å². The average molecular weight is 535 g/mol. The Morgan fingerprint density at radius 2 is 2.03 bits per heavy atom. The van der Waals surface area contributed by atoms with E-state index in [4.69, 9.17) is 10.7 Å². The molecule has 1 aliphatic heterocycles. The van der Waals surface area contributed by atoms with Crippen LogP contribution in [0.25, 0.3) is 22.8 Å². The van der Waals surface area contributed by atoms with Gasteiger partial charge >= 0.3 is 0 Å². The Balaban J connectivity index is 1.47. The number of nitrogen functional groups attached to an aromatic ring is 1. The molecule has 0 spiro atoms. The van der Waals surface area contributed by atoms with Crippen LogP contribution in [-0.4, -0.2) is 36.8 Å².